The normalized spacial score (nSPS) is 22.6. The molecule has 0 radical (unpaired) electrons. The molecule has 1 aliphatic rings. The van der Waals surface area contributed by atoms with Gasteiger partial charge in [-0.3, -0.25) is 0 Å². The fourth-order valence-corrected chi connectivity index (χ4v) is 5.82. The third-order valence-electron chi connectivity index (χ3n) is 4.11. The second-order valence-corrected chi connectivity index (χ2v) is 8.30. The third kappa shape index (κ3) is 3.44. The molecule has 2 nitrogen and oxygen atoms in total. The molecule has 1 fully saturated rings. The van der Waals surface area contributed by atoms with Crippen LogP contribution >= 0.6 is 0 Å². The van der Waals surface area contributed by atoms with Gasteiger partial charge < -0.3 is 0 Å². The van der Waals surface area contributed by atoms with E-state index in [1.165, 1.54) is 10.0 Å². The second kappa shape index (κ2) is 7.43. The van der Waals surface area contributed by atoms with Crippen LogP contribution in [0.5, 0.6) is 0 Å². The molecule has 1 N–H and O–H groups in total. The Bertz CT molecular complexity index is 599. The van der Waals surface area contributed by atoms with Crippen molar-refractivity contribution in [3.63, 3.8) is 0 Å². The summed E-state index contributed by atoms with van der Waals surface area (Å²) in [6, 6.07) is 18.9. The van der Waals surface area contributed by atoms with Crippen LogP contribution in [0.15, 0.2) is 54.6 Å². The van der Waals surface area contributed by atoms with E-state index in [0.717, 1.165) is 25.0 Å². The molecule has 1 heterocycles. The summed E-state index contributed by atoms with van der Waals surface area (Å²) < 4.78 is 7.32. The van der Waals surface area contributed by atoms with Crippen LogP contribution in [0.3, 0.4) is 0 Å². The predicted molar refractivity (Wildman–Crippen MR) is 90.6 cm³/mol. The number of aliphatic hydroxyl groups is 1. The number of benzene rings is 2. The van der Waals surface area contributed by atoms with Crippen molar-refractivity contribution >= 4 is 19.4 Å². The number of aliphatic hydroxyl groups excluding tert-OH is 1. The zero-order valence-corrected chi connectivity index (χ0v) is 14.5. The molecule has 116 valence electrons. The van der Waals surface area contributed by atoms with Gasteiger partial charge in [0.1, 0.15) is 0 Å². The van der Waals surface area contributed by atoms with Gasteiger partial charge in [0.05, 0.1) is 0 Å². The van der Waals surface area contributed by atoms with Crippen molar-refractivity contribution in [2.24, 2.45) is 0 Å². The Morgan fingerprint density at radius 2 is 1.86 bits per heavy atom. The van der Waals surface area contributed by atoms with Crippen LogP contribution in [0, 0.1) is 0 Å². The van der Waals surface area contributed by atoms with E-state index >= 15 is 0 Å². The molecule has 1 saturated heterocycles. The van der Waals surface area contributed by atoms with Gasteiger partial charge in [-0.1, -0.05) is 0 Å². The Morgan fingerprint density at radius 3 is 2.64 bits per heavy atom. The van der Waals surface area contributed by atoms with Crippen LogP contribution in [0.2, 0.25) is 4.82 Å². The number of hydrogen-bond donors (Lipinski definition) is 1. The van der Waals surface area contributed by atoms with E-state index in [-0.39, 0.29) is 12.2 Å². The second-order valence-electron chi connectivity index (χ2n) is 5.61. The van der Waals surface area contributed by atoms with Crippen molar-refractivity contribution in [1.82, 2.24) is 0 Å². The van der Waals surface area contributed by atoms with Gasteiger partial charge in [-0.05, 0) is 0 Å². The molecule has 0 unspecified atom stereocenters. The Kier molecular flexibility index (Phi) is 5.32. The summed E-state index contributed by atoms with van der Waals surface area (Å²) in [5.41, 5.74) is 2.38. The molecule has 1 aliphatic heterocycles. The summed E-state index contributed by atoms with van der Waals surface area (Å²) in [6.07, 6.45) is 1.72. The number of rotatable bonds is 5. The molecule has 0 saturated carbocycles. The van der Waals surface area contributed by atoms with Crippen LogP contribution in [0.4, 0.5) is 0 Å². The summed E-state index contributed by atoms with van der Waals surface area (Å²) in [4.78, 5) is 0.542. The van der Waals surface area contributed by atoms with Crippen LogP contribution in [-0.2, 0) is 4.74 Å². The molecular weight excluding hydrogens is 339 g/mol. The van der Waals surface area contributed by atoms with Gasteiger partial charge in [-0.25, -0.2) is 0 Å². The van der Waals surface area contributed by atoms with Crippen molar-refractivity contribution in [2.45, 2.75) is 36.8 Å². The van der Waals surface area contributed by atoms with Gasteiger partial charge in [-0.2, -0.15) is 0 Å². The van der Waals surface area contributed by atoms with Crippen molar-refractivity contribution < 1.29 is 9.84 Å². The predicted octanol–water partition coefficient (Wildman–Crippen LogP) is 3.41. The fraction of sp³-hybridized carbons (Fsp3) is 0.368. The third-order valence-corrected chi connectivity index (χ3v) is 7.07. The van der Waals surface area contributed by atoms with Gasteiger partial charge in [0, 0.05) is 0 Å². The fourth-order valence-electron chi connectivity index (χ4n) is 2.89. The number of ether oxygens (including phenoxy) is 1. The molecule has 0 amide bonds. The van der Waals surface area contributed by atoms with Gasteiger partial charge >= 0.3 is 138 Å². The maximum atomic E-state index is 10.2. The summed E-state index contributed by atoms with van der Waals surface area (Å²) >= 11 is 0.309. The van der Waals surface area contributed by atoms with Crippen LogP contribution in [0.25, 0.3) is 0 Å². The molecular formula is C19H22O2Se. The molecule has 0 aromatic heterocycles. The molecule has 3 atom stereocenters. The minimum absolute atomic E-state index is 0.202. The Balaban J connectivity index is 1.81. The van der Waals surface area contributed by atoms with Gasteiger partial charge in [-0.15, -0.1) is 0 Å². The molecule has 3 heteroatoms. The van der Waals surface area contributed by atoms with Crippen LogP contribution < -0.4 is 4.46 Å². The van der Waals surface area contributed by atoms with E-state index in [1.807, 2.05) is 19.1 Å². The Labute approximate surface area is 138 Å². The quantitative estimate of drug-likeness (QED) is 0.827. The van der Waals surface area contributed by atoms with Gasteiger partial charge in [0.15, 0.2) is 0 Å². The molecule has 2 aromatic rings. The Hall–Kier alpha value is -1.12. The summed E-state index contributed by atoms with van der Waals surface area (Å²) in [6.45, 7) is 2.87. The first kappa shape index (κ1) is 15.8. The summed E-state index contributed by atoms with van der Waals surface area (Å²) in [7, 11) is 0. The van der Waals surface area contributed by atoms with Crippen molar-refractivity contribution in [3.8, 4) is 0 Å². The minimum atomic E-state index is -0.351. The van der Waals surface area contributed by atoms with E-state index in [9.17, 15) is 5.11 Å². The summed E-state index contributed by atoms with van der Waals surface area (Å²) in [5, 5.41) is 10.2. The average Bonchev–Trinajstić information content (AvgIpc) is 3.03. The van der Waals surface area contributed by atoms with E-state index in [1.54, 1.807) is 0 Å². The molecule has 3 rings (SSSR count). The van der Waals surface area contributed by atoms with E-state index < -0.39 is 0 Å². The van der Waals surface area contributed by atoms with Crippen molar-refractivity contribution in [3.05, 3.63) is 65.7 Å². The zero-order valence-electron chi connectivity index (χ0n) is 12.8. The first-order chi connectivity index (χ1) is 10.8. The number of hydrogen-bond acceptors (Lipinski definition) is 2. The molecule has 0 spiro atoms. The van der Waals surface area contributed by atoms with Crippen molar-refractivity contribution in [2.75, 3.05) is 6.61 Å². The Morgan fingerprint density at radius 1 is 1.14 bits per heavy atom. The van der Waals surface area contributed by atoms with Crippen LogP contribution in [0.1, 0.15) is 43.1 Å². The molecule has 22 heavy (non-hydrogen) atoms. The first-order valence-electron chi connectivity index (χ1n) is 7.89. The van der Waals surface area contributed by atoms with Gasteiger partial charge in [0.25, 0.3) is 0 Å². The average molecular weight is 361 g/mol. The van der Waals surface area contributed by atoms with E-state index in [0.29, 0.717) is 19.8 Å². The van der Waals surface area contributed by atoms with Gasteiger partial charge in [0.2, 0.25) is 0 Å². The van der Waals surface area contributed by atoms with E-state index in [4.69, 9.17) is 4.74 Å². The first-order valence-corrected chi connectivity index (χ1v) is 9.74. The van der Waals surface area contributed by atoms with Crippen molar-refractivity contribution in [1.29, 1.82) is 0 Å². The molecule has 0 bridgehead atoms. The molecule has 0 aliphatic carbocycles. The van der Waals surface area contributed by atoms with Crippen LogP contribution in [-0.4, -0.2) is 26.7 Å². The summed E-state index contributed by atoms with van der Waals surface area (Å²) in [5.74, 6) is 0. The van der Waals surface area contributed by atoms with E-state index in [2.05, 4.69) is 42.5 Å². The zero-order chi connectivity index (χ0) is 15.4. The SMILES string of the molecule is CC[C@H](O)c1ccccc1[Se][C@H]1CCO[C@@H]1c1ccccc1. The maximum absolute atomic E-state index is 10.2. The monoisotopic (exact) mass is 362 g/mol. The molecule has 2 aromatic carbocycles. The topological polar surface area (TPSA) is 29.5 Å². The standard InChI is InChI=1S/C19H22O2Se/c1-2-16(20)15-10-6-7-11-17(15)22-18-12-13-21-19(18)14-8-4-3-5-9-14/h3-11,16,18-20H,2,12-13H2,1H3/t16-,18-,19+/m0/s1.